The monoisotopic (exact) mass is 340 g/mol. The molecule has 0 unspecified atom stereocenters. The highest BCUT2D eigenvalue weighted by atomic mass is 16.6. The molecule has 0 aliphatic rings. The first-order valence-electron chi connectivity index (χ1n) is 7.47. The molecule has 1 heterocycles. The predicted octanol–water partition coefficient (Wildman–Crippen LogP) is 3.13. The van der Waals surface area contributed by atoms with Gasteiger partial charge in [-0.15, -0.1) is 0 Å². The Kier molecular flexibility index (Phi) is 4.14. The summed E-state index contributed by atoms with van der Waals surface area (Å²) in [6.45, 7) is 0. The van der Waals surface area contributed by atoms with Crippen LogP contribution in [0.1, 0.15) is 0 Å². The Hall–Kier alpha value is -3.35. The number of fused-ring (bicyclic) bond motifs is 1. The van der Waals surface area contributed by atoms with E-state index in [9.17, 15) is 14.9 Å². The number of nitro groups is 1. The zero-order chi connectivity index (χ0) is 18.1. The van der Waals surface area contributed by atoms with Crippen LogP contribution < -0.4 is 15.0 Å². The van der Waals surface area contributed by atoms with E-state index in [1.54, 1.807) is 36.4 Å². The molecule has 3 rings (SSSR count). The minimum absolute atomic E-state index is 0.120. The number of hydrogen-bond donors (Lipinski definition) is 0. The average Bonchev–Trinajstić information content (AvgIpc) is 2.64. The molecule has 0 atom stereocenters. The van der Waals surface area contributed by atoms with Gasteiger partial charge in [-0.25, -0.2) is 0 Å². The number of aromatic nitrogens is 1. The Bertz CT molecular complexity index is 1020. The zero-order valence-corrected chi connectivity index (χ0v) is 14.0. The minimum Gasteiger partial charge on any atom is -0.497 e. The molecule has 0 radical (unpaired) electrons. The first kappa shape index (κ1) is 16.5. The van der Waals surface area contributed by atoms with Crippen LogP contribution in [-0.2, 0) is 7.05 Å². The summed E-state index contributed by atoms with van der Waals surface area (Å²) in [6.07, 6.45) is 0. The Morgan fingerprint density at radius 1 is 0.960 bits per heavy atom. The SMILES string of the molecule is COc1ccc(-c2c([N+](=O)[O-])c3ccc(OC)cc3c(=O)n2C)cc1. The van der Waals surface area contributed by atoms with E-state index in [0.29, 0.717) is 17.1 Å². The van der Waals surface area contributed by atoms with Crippen LogP contribution >= 0.6 is 0 Å². The lowest BCUT2D eigenvalue weighted by Crippen LogP contribution is -2.20. The zero-order valence-electron chi connectivity index (χ0n) is 14.0. The van der Waals surface area contributed by atoms with Gasteiger partial charge in [-0.2, -0.15) is 0 Å². The molecule has 2 aromatic carbocycles. The molecule has 0 aliphatic carbocycles. The lowest BCUT2D eigenvalue weighted by molar-refractivity contribution is -0.382. The van der Waals surface area contributed by atoms with Crippen LogP contribution in [0.3, 0.4) is 0 Å². The molecule has 0 spiro atoms. The quantitative estimate of drug-likeness (QED) is 0.538. The lowest BCUT2D eigenvalue weighted by atomic mass is 10.0. The number of hydrogen-bond acceptors (Lipinski definition) is 5. The van der Waals surface area contributed by atoms with Gasteiger partial charge >= 0.3 is 5.69 Å². The molecule has 128 valence electrons. The van der Waals surface area contributed by atoms with Gasteiger partial charge in [0.1, 0.15) is 17.2 Å². The van der Waals surface area contributed by atoms with Crippen molar-refractivity contribution in [2.75, 3.05) is 14.2 Å². The van der Waals surface area contributed by atoms with Crippen molar-refractivity contribution >= 4 is 16.5 Å². The molecule has 0 saturated heterocycles. The second-order valence-corrected chi connectivity index (χ2v) is 5.46. The van der Waals surface area contributed by atoms with E-state index in [4.69, 9.17) is 9.47 Å². The van der Waals surface area contributed by atoms with Gasteiger partial charge in [0.15, 0.2) is 0 Å². The third-order valence-electron chi connectivity index (χ3n) is 4.12. The highest BCUT2D eigenvalue weighted by Crippen LogP contribution is 2.36. The first-order valence-corrected chi connectivity index (χ1v) is 7.47. The van der Waals surface area contributed by atoms with Gasteiger partial charge in [-0.1, -0.05) is 0 Å². The third-order valence-corrected chi connectivity index (χ3v) is 4.12. The van der Waals surface area contributed by atoms with Gasteiger partial charge < -0.3 is 14.0 Å². The van der Waals surface area contributed by atoms with Crippen molar-refractivity contribution in [1.29, 1.82) is 0 Å². The molecule has 7 heteroatoms. The van der Waals surface area contributed by atoms with E-state index in [-0.39, 0.29) is 27.7 Å². The lowest BCUT2D eigenvalue weighted by Gasteiger charge is -2.13. The van der Waals surface area contributed by atoms with Gasteiger partial charge in [-0.3, -0.25) is 14.9 Å². The second-order valence-electron chi connectivity index (χ2n) is 5.46. The standard InChI is InChI=1S/C18H16N2O5/c1-19-16(11-4-6-12(24-2)7-5-11)17(20(22)23)14-9-8-13(25-3)10-15(14)18(19)21/h4-10H,1-3H3. The van der Waals surface area contributed by atoms with E-state index >= 15 is 0 Å². The van der Waals surface area contributed by atoms with E-state index < -0.39 is 4.92 Å². The Balaban J connectivity index is 2.41. The molecule has 0 saturated carbocycles. The summed E-state index contributed by atoms with van der Waals surface area (Å²) in [5.41, 5.74) is 0.357. The second kappa shape index (κ2) is 6.27. The van der Waals surface area contributed by atoms with Crippen LogP contribution in [0.15, 0.2) is 47.3 Å². The van der Waals surface area contributed by atoms with Crippen LogP contribution in [0.5, 0.6) is 11.5 Å². The van der Waals surface area contributed by atoms with E-state index in [1.807, 2.05) is 0 Å². The van der Waals surface area contributed by atoms with Gasteiger partial charge in [0.25, 0.3) is 5.56 Å². The van der Waals surface area contributed by atoms with Crippen LogP contribution in [0.25, 0.3) is 22.0 Å². The molecule has 0 aliphatic heterocycles. The summed E-state index contributed by atoms with van der Waals surface area (Å²) >= 11 is 0. The third kappa shape index (κ3) is 2.69. The number of rotatable bonds is 4. The van der Waals surface area contributed by atoms with Gasteiger partial charge in [-0.05, 0) is 42.5 Å². The minimum atomic E-state index is -0.464. The van der Waals surface area contributed by atoms with Gasteiger partial charge in [0, 0.05) is 12.6 Å². The highest BCUT2D eigenvalue weighted by molar-refractivity contribution is 5.97. The predicted molar refractivity (Wildman–Crippen MR) is 94.4 cm³/mol. The number of benzene rings is 2. The molecule has 3 aromatic rings. The van der Waals surface area contributed by atoms with Crippen molar-refractivity contribution in [3.8, 4) is 22.8 Å². The maximum absolute atomic E-state index is 12.7. The summed E-state index contributed by atoms with van der Waals surface area (Å²) in [4.78, 5) is 24.1. The fourth-order valence-corrected chi connectivity index (χ4v) is 2.87. The molecule has 0 bridgehead atoms. The molecule has 1 aromatic heterocycles. The highest BCUT2D eigenvalue weighted by Gasteiger charge is 2.25. The van der Waals surface area contributed by atoms with Crippen LogP contribution in [-0.4, -0.2) is 23.7 Å². The van der Waals surface area contributed by atoms with Crippen LogP contribution in [0.4, 0.5) is 5.69 Å². The Labute approximate surface area is 143 Å². The maximum Gasteiger partial charge on any atom is 0.301 e. The number of methoxy groups -OCH3 is 2. The molecular weight excluding hydrogens is 324 g/mol. The topological polar surface area (TPSA) is 83.6 Å². The summed E-state index contributed by atoms with van der Waals surface area (Å²) in [5.74, 6) is 1.10. The smallest absolute Gasteiger partial charge is 0.301 e. The molecular formula is C18H16N2O5. The van der Waals surface area contributed by atoms with E-state index in [2.05, 4.69) is 0 Å². The van der Waals surface area contributed by atoms with Crippen molar-refractivity contribution < 1.29 is 14.4 Å². The normalized spacial score (nSPS) is 10.7. The van der Waals surface area contributed by atoms with E-state index in [0.717, 1.165) is 0 Å². The van der Waals surface area contributed by atoms with E-state index in [1.165, 1.54) is 31.9 Å². The molecule has 0 N–H and O–H groups in total. The molecule has 0 amide bonds. The van der Waals surface area contributed by atoms with Crippen LogP contribution in [0.2, 0.25) is 0 Å². The number of ether oxygens (including phenoxy) is 2. The maximum atomic E-state index is 12.7. The van der Waals surface area contributed by atoms with Crippen molar-refractivity contribution in [3.63, 3.8) is 0 Å². The van der Waals surface area contributed by atoms with Gasteiger partial charge in [0.05, 0.1) is 29.9 Å². The Morgan fingerprint density at radius 3 is 2.12 bits per heavy atom. The molecule has 25 heavy (non-hydrogen) atoms. The Morgan fingerprint density at radius 2 is 1.56 bits per heavy atom. The van der Waals surface area contributed by atoms with Crippen molar-refractivity contribution in [2.24, 2.45) is 7.05 Å². The van der Waals surface area contributed by atoms with Crippen molar-refractivity contribution in [1.82, 2.24) is 4.57 Å². The van der Waals surface area contributed by atoms with Crippen molar-refractivity contribution in [2.45, 2.75) is 0 Å². The molecule has 7 nitrogen and oxygen atoms in total. The summed E-state index contributed by atoms with van der Waals surface area (Å²) in [6, 6.07) is 11.4. The summed E-state index contributed by atoms with van der Waals surface area (Å²) in [7, 11) is 4.54. The largest absolute Gasteiger partial charge is 0.497 e. The van der Waals surface area contributed by atoms with Crippen molar-refractivity contribution in [3.05, 3.63) is 62.9 Å². The summed E-state index contributed by atoms with van der Waals surface area (Å²) < 4.78 is 11.5. The first-order chi connectivity index (χ1) is 12.0. The number of nitrogens with zero attached hydrogens (tertiary/aromatic N) is 2. The fraction of sp³-hybridized carbons (Fsp3) is 0.167. The number of pyridine rings is 1. The molecule has 0 fully saturated rings. The average molecular weight is 340 g/mol. The van der Waals surface area contributed by atoms with Gasteiger partial charge in [0.2, 0.25) is 0 Å². The summed E-state index contributed by atoms with van der Waals surface area (Å²) in [5, 5.41) is 12.3. The van der Waals surface area contributed by atoms with Crippen LogP contribution in [0, 0.1) is 10.1 Å². The fourth-order valence-electron chi connectivity index (χ4n) is 2.87.